The Morgan fingerprint density at radius 1 is 1.17 bits per heavy atom. The van der Waals surface area contributed by atoms with Gasteiger partial charge in [0.1, 0.15) is 11.3 Å². The molecular formula is C20H17ClF3N3O3. The first kappa shape index (κ1) is 21.6. The molecule has 0 bridgehead atoms. The molecular weight excluding hydrogens is 423 g/mol. The highest BCUT2D eigenvalue weighted by Crippen LogP contribution is 2.37. The topological polar surface area (TPSA) is 66.2 Å². The summed E-state index contributed by atoms with van der Waals surface area (Å²) in [5, 5.41) is 8.25. The van der Waals surface area contributed by atoms with E-state index in [0.29, 0.717) is 5.02 Å². The number of benzene rings is 2. The van der Waals surface area contributed by atoms with Crippen LogP contribution in [0.25, 0.3) is 11.4 Å². The predicted octanol–water partition coefficient (Wildman–Crippen LogP) is 5.08. The fraction of sp³-hybridized carbons (Fsp3) is 0.250. The fourth-order valence-corrected chi connectivity index (χ4v) is 3.14. The Morgan fingerprint density at radius 3 is 2.53 bits per heavy atom. The second-order valence-corrected chi connectivity index (χ2v) is 6.81. The van der Waals surface area contributed by atoms with E-state index in [1.807, 2.05) is 0 Å². The molecule has 1 heterocycles. The molecule has 30 heavy (non-hydrogen) atoms. The number of aromatic nitrogens is 3. The smallest absolute Gasteiger partial charge is 0.417 e. The summed E-state index contributed by atoms with van der Waals surface area (Å²) in [7, 11) is 2.77. The number of methoxy groups -OCH3 is 1. The molecule has 0 saturated heterocycles. The molecule has 0 radical (unpaired) electrons. The lowest BCUT2D eigenvalue weighted by atomic mass is 10.1. The molecule has 0 aliphatic carbocycles. The quantitative estimate of drug-likeness (QED) is 0.518. The molecule has 0 fully saturated rings. The summed E-state index contributed by atoms with van der Waals surface area (Å²) in [4.78, 5) is 12.0. The van der Waals surface area contributed by atoms with E-state index in [-0.39, 0.29) is 28.5 Å². The standard InChI is InChI=1S/C20H17ClF3N3O3/c1-11(30-16-9-8-12(21)10-14(16)19(28)29-3)17-25-26-18(27(17)2)13-6-4-5-7-15(13)20(22,23)24/h4-11H,1-3H3/t11-/m0/s1. The van der Waals surface area contributed by atoms with Crippen LogP contribution >= 0.6 is 11.6 Å². The summed E-state index contributed by atoms with van der Waals surface area (Å²) >= 11 is 5.94. The lowest BCUT2D eigenvalue weighted by Gasteiger charge is -2.17. The molecule has 0 spiro atoms. The zero-order valence-electron chi connectivity index (χ0n) is 16.2. The molecule has 3 rings (SSSR count). The Hall–Kier alpha value is -3.07. The highest BCUT2D eigenvalue weighted by Gasteiger charge is 2.35. The van der Waals surface area contributed by atoms with Crippen molar-refractivity contribution >= 4 is 17.6 Å². The molecule has 0 saturated carbocycles. The van der Waals surface area contributed by atoms with Crippen molar-refractivity contribution in [1.82, 2.24) is 14.8 Å². The Morgan fingerprint density at radius 2 is 1.87 bits per heavy atom. The summed E-state index contributed by atoms with van der Waals surface area (Å²) < 4.78 is 52.1. The van der Waals surface area contributed by atoms with Gasteiger partial charge in [-0.25, -0.2) is 4.79 Å². The van der Waals surface area contributed by atoms with Crippen LogP contribution in [-0.2, 0) is 18.0 Å². The van der Waals surface area contributed by atoms with Gasteiger partial charge in [-0.15, -0.1) is 10.2 Å². The zero-order chi connectivity index (χ0) is 22.1. The number of ether oxygens (including phenoxy) is 2. The van der Waals surface area contributed by atoms with Crippen molar-refractivity contribution in [3.8, 4) is 17.1 Å². The molecule has 0 N–H and O–H groups in total. The van der Waals surface area contributed by atoms with Gasteiger partial charge in [-0.1, -0.05) is 29.8 Å². The average molecular weight is 440 g/mol. The van der Waals surface area contributed by atoms with E-state index in [9.17, 15) is 18.0 Å². The number of hydrogen-bond donors (Lipinski definition) is 0. The molecule has 6 nitrogen and oxygen atoms in total. The van der Waals surface area contributed by atoms with E-state index in [4.69, 9.17) is 21.1 Å². The zero-order valence-corrected chi connectivity index (χ0v) is 17.0. The van der Waals surface area contributed by atoms with Gasteiger partial charge in [-0.3, -0.25) is 0 Å². The van der Waals surface area contributed by atoms with Crippen molar-refractivity contribution in [2.75, 3.05) is 7.11 Å². The largest absolute Gasteiger partial charge is 0.482 e. The second-order valence-electron chi connectivity index (χ2n) is 6.38. The van der Waals surface area contributed by atoms with Crippen LogP contribution < -0.4 is 4.74 Å². The molecule has 3 aromatic rings. The number of rotatable bonds is 5. The minimum atomic E-state index is -4.54. The lowest BCUT2D eigenvalue weighted by molar-refractivity contribution is -0.137. The Labute approximate surface area is 175 Å². The first-order chi connectivity index (χ1) is 14.1. The lowest BCUT2D eigenvalue weighted by Crippen LogP contribution is -2.13. The van der Waals surface area contributed by atoms with Gasteiger partial charge in [-0.2, -0.15) is 13.2 Å². The average Bonchev–Trinajstić information content (AvgIpc) is 3.09. The van der Waals surface area contributed by atoms with Gasteiger partial charge in [0.25, 0.3) is 0 Å². The summed E-state index contributed by atoms with van der Waals surface area (Å²) in [6.45, 7) is 1.64. The van der Waals surface area contributed by atoms with E-state index in [1.165, 1.54) is 48.1 Å². The second kappa shape index (κ2) is 8.35. The van der Waals surface area contributed by atoms with Crippen LogP contribution in [0.15, 0.2) is 42.5 Å². The number of carbonyl (C=O) groups is 1. The summed E-state index contributed by atoms with van der Waals surface area (Å²) in [6.07, 6.45) is -5.28. The van der Waals surface area contributed by atoms with Crippen LogP contribution in [0.2, 0.25) is 5.02 Å². The third-order valence-corrected chi connectivity index (χ3v) is 4.63. The van der Waals surface area contributed by atoms with E-state index in [0.717, 1.165) is 6.07 Å². The SMILES string of the molecule is COC(=O)c1cc(Cl)ccc1O[C@@H](C)c1nnc(-c2ccccc2C(F)(F)F)n1C. The molecule has 10 heteroatoms. The van der Waals surface area contributed by atoms with Gasteiger partial charge in [0, 0.05) is 17.6 Å². The summed E-state index contributed by atoms with van der Waals surface area (Å²) in [5.74, 6) is -0.137. The number of alkyl halides is 3. The fourth-order valence-electron chi connectivity index (χ4n) is 2.97. The van der Waals surface area contributed by atoms with Gasteiger partial charge < -0.3 is 14.0 Å². The van der Waals surface area contributed by atoms with E-state index >= 15 is 0 Å². The normalized spacial score (nSPS) is 12.5. The maximum absolute atomic E-state index is 13.4. The van der Waals surface area contributed by atoms with Crippen LogP contribution in [0.1, 0.15) is 34.8 Å². The summed E-state index contributed by atoms with van der Waals surface area (Å²) in [5.41, 5.74) is -0.798. The minimum Gasteiger partial charge on any atom is -0.482 e. The molecule has 2 aromatic carbocycles. The number of halogens is 4. The highest BCUT2D eigenvalue weighted by atomic mass is 35.5. The molecule has 158 valence electrons. The van der Waals surface area contributed by atoms with Gasteiger partial charge in [0.05, 0.1) is 12.7 Å². The Balaban J connectivity index is 1.96. The number of esters is 1. The van der Waals surface area contributed by atoms with Crippen molar-refractivity contribution < 1.29 is 27.4 Å². The van der Waals surface area contributed by atoms with Gasteiger partial charge in [0.2, 0.25) is 0 Å². The monoisotopic (exact) mass is 439 g/mol. The third kappa shape index (κ3) is 4.25. The van der Waals surface area contributed by atoms with Crippen molar-refractivity contribution in [2.45, 2.75) is 19.2 Å². The maximum atomic E-state index is 13.4. The molecule has 0 unspecified atom stereocenters. The molecule has 1 aromatic heterocycles. The molecule has 0 amide bonds. The molecule has 1 atom stereocenters. The number of carbonyl (C=O) groups excluding carboxylic acids is 1. The van der Waals surface area contributed by atoms with Crippen LogP contribution in [0.4, 0.5) is 13.2 Å². The first-order valence-electron chi connectivity index (χ1n) is 8.74. The summed E-state index contributed by atoms with van der Waals surface area (Å²) in [6, 6.07) is 9.56. The Kier molecular flexibility index (Phi) is 6.02. The number of hydrogen-bond acceptors (Lipinski definition) is 5. The molecule has 0 aliphatic heterocycles. The van der Waals surface area contributed by atoms with Crippen LogP contribution in [0.5, 0.6) is 5.75 Å². The molecule has 0 aliphatic rings. The third-order valence-electron chi connectivity index (χ3n) is 4.40. The maximum Gasteiger partial charge on any atom is 0.417 e. The van der Waals surface area contributed by atoms with E-state index < -0.39 is 23.8 Å². The predicted molar refractivity (Wildman–Crippen MR) is 103 cm³/mol. The van der Waals surface area contributed by atoms with Gasteiger partial charge in [-0.05, 0) is 31.2 Å². The van der Waals surface area contributed by atoms with Gasteiger partial charge >= 0.3 is 12.1 Å². The van der Waals surface area contributed by atoms with E-state index in [2.05, 4.69) is 10.2 Å². The highest BCUT2D eigenvalue weighted by molar-refractivity contribution is 6.31. The van der Waals surface area contributed by atoms with Gasteiger partial charge in [0.15, 0.2) is 17.8 Å². The van der Waals surface area contributed by atoms with Crippen LogP contribution in [-0.4, -0.2) is 27.8 Å². The van der Waals surface area contributed by atoms with Crippen molar-refractivity contribution in [3.63, 3.8) is 0 Å². The van der Waals surface area contributed by atoms with Crippen molar-refractivity contribution in [1.29, 1.82) is 0 Å². The van der Waals surface area contributed by atoms with Crippen molar-refractivity contribution in [3.05, 3.63) is 64.4 Å². The number of nitrogens with zero attached hydrogens (tertiary/aromatic N) is 3. The van der Waals surface area contributed by atoms with Crippen LogP contribution in [0, 0.1) is 0 Å². The minimum absolute atomic E-state index is 0.0395. The Bertz CT molecular complexity index is 1080. The van der Waals surface area contributed by atoms with Crippen molar-refractivity contribution in [2.24, 2.45) is 7.05 Å². The first-order valence-corrected chi connectivity index (χ1v) is 9.11. The van der Waals surface area contributed by atoms with Crippen LogP contribution in [0.3, 0.4) is 0 Å². The van der Waals surface area contributed by atoms with E-state index in [1.54, 1.807) is 14.0 Å².